The topological polar surface area (TPSA) is 86.8 Å². The fraction of sp³-hybridized carbons (Fsp3) is 0.286. The second-order valence-electron chi connectivity index (χ2n) is 9.41. The van der Waals surface area contributed by atoms with Crippen molar-refractivity contribution in [3.05, 3.63) is 92.4 Å². The average Bonchev–Trinajstić information content (AvgIpc) is 2.87. The maximum atomic E-state index is 13.9. The summed E-state index contributed by atoms with van der Waals surface area (Å²) in [7, 11) is -4.13. The smallest absolute Gasteiger partial charge is 0.264 e. The molecule has 2 amide bonds. The van der Waals surface area contributed by atoms with Crippen LogP contribution in [0.4, 0.5) is 5.69 Å². The SMILES string of the molecule is Cc1ccc(S(=O)(=O)N(CC(=O)N(Cc2ccc(Cl)c(Cl)c2)[C@H](C)C(=O)NC(C)C)c2ccc(Br)cc2)cc1. The molecule has 3 aromatic carbocycles. The first-order valence-electron chi connectivity index (χ1n) is 12.2. The average molecular weight is 655 g/mol. The molecule has 39 heavy (non-hydrogen) atoms. The van der Waals surface area contributed by atoms with Crippen molar-refractivity contribution in [2.24, 2.45) is 0 Å². The highest BCUT2D eigenvalue weighted by atomic mass is 79.9. The van der Waals surface area contributed by atoms with Crippen LogP contribution < -0.4 is 9.62 Å². The van der Waals surface area contributed by atoms with E-state index in [0.717, 1.165) is 14.3 Å². The van der Waals surface area contributed by atoms with Crippen LogP contribution in [0.2, 0.25) is 10.0 Å². The van der Waals surface area contributed by atoms with Crippen molar-refractivity contribution in [3.63, 3.8) is 0 Å². The zero-order chi connectivity index (χ0) is 28.9. The number of halogens is 3. The molecule has 0 spiro atoms. The Morgan fingerprint density at radius 2 is 1.54 bits per heavy atom. The lowest BCUT2D eigenvalue weighted by molar-refractivity contribution is -0.139. The third-order valence-electron chi connectivity index (χ3n) is 5.94. The van der Waals surface area contributed by atoms with Gasteiger partial charge in [-0.25, -0.2) is 8.42 Å². The number of amides is 2. The quantitative estimate of drug-likeness (QED) is 0.282. The summed E-state index contributed by atoms with van der Waals surface area (Å²) in [6.07, 6.45) is 0. The summed E-state index contributed by atoms with van der Waals surface area (Å²) in [6, 6.07) is 16.9. The Bertz CT molecular complexity index is 1430. The monoisotopic (exact) mass is 653 g/mol. The number of carbonyl (C=O) groups excluding carboxylic acids is 2. The molecular weight excluding hydrogens is 625 g/mol. The van der Waals surface area contributed by atoms with E-state index >= 15 is 0 Å². The third kappa shape index (κ3) is 7.97. The zero-order valence-electron chi connectivity index (χ0n) is 22.0. The van der Waals surface area contributed by atoms with E-state index in [2.05, 4.69) is 21.2 Å². The van der Waals surface area contributed by atoms with Gasteiger partial charge in [0.2, 0.25) is 11.8 Å². The fourth-order valence-corrected chi connectivity index (χ4v) is 5.80. The van der Waals surface area contributed by atoms with Crippen molar-refractivity contribution in [3.8, 4) is 0 Å². The summed E-state index contributed by atoms with van der Waals surface area (Å²) in [4.78, 5) is 28.2. The molecule has 1 atom stereocenters. The molecule has 0 aliphatic carbocycles. The van der Waals surface area contributed by atoms with Crippen LogP contribution in [-0.2, 0) is 26.2 Å². The van der Waals surface area contributed by atoms with Gasteiger partial charge >= 0.3 is 0 Å². The highest BCUT2D eigenvalue weighted by molar-refractivity contribution is 9.10. The predicted molar refractivity (Wildman–Crippen MR) is 160 cm³/mol. The van der Waals surface area contributed by atoms with Gasteiger partial charge < -0.3 is 10.2 Å². The summed E-state index contributed by atoms with van der Waals surface area (Å²) in [5.41, 5.74) is 1.84. The molecular formula is C28H30BrCl2N3O4S. The van der Waals surface area contributed by atoms with E-state index in [1.807, 2.05) is 20.8 Å². The van der Waals surface area contributed by atoms with Crippen LogP contribution in [0.3, 0.4) is 0 Å². The molecule has 0 radical (unpaired) electrons. The van der Waals surface area contributed by atoms with Gasteiger partial charge in [-0.3, -0.25) is 13.9 Å². The Morgan fingerprint density at radius 1 is 0.923 bits per heavy atom. The normalized spacial score (nSPS) is 12.2. The molecule has 0 aliphatic rings. The Kier molecular flexibility index (Phi) is 10.5. The summed E-state index contributed by atoms with van der Waals surface area (Å²) < 4.78 is 29.4. The number of benzene rings is 3. The second kappa shape index (κ2) is 13.2. The van der Waals surface area contributed by atoms with Gasteiger partial charge in [-0.2, -0.15) is 0 Å². The fourth-order valence-electron chi connectivity index (χ4n) is 3.80. The van der Waals surface area contributed by atoms with E-state index in [0.29, 0.717) is 21.3 Å². The number of hydrogen-bond acceptors (Lipinski definition) is 4. The van der Waals surface area contributed by atoms with Gasteiger partial charge in [0.15, 0.2) is 0 Å². The van der Waals surface area contributed by atoms with Crippen LogP contribution in [0, 0.1) is 6.92 Å². The van der Waals surface area contributed by atoms with Gasteiger partial charge in [0.25, 0.3) is 10.0 Å². The largest absolute Gasteiger partial charge is 0.352 e. The molecule has 0 aliphatic heterocycles. The Balaban J connectivity index is 2.04. The van der Waals surface area contributed by atoms with Gasteiger partial charge in [0, 0.05) is 17.1 Å². The molecule has 0 saturated heterocycles. The highest BCUT2D eigenvalue weighted by Gasteiger charge is 2.32. The Morgan fingerprint density at radius 3 is 2.10 bits per heavy atom. The molecule has 0 fully saturated rings. The van der Waals surface area contributed by atoms with Crippen LogP contribution in [0.25, 0.3) is 0 Å². The van der Waals surface area contributed by atoms with Crippen LogP contribution in [-0.4, -0.2) is 43.8 Å². The van der Waals surface area contributed by atoms with Crippen molar-refractivity contribution in [2.45, 2.75) is 51.2 Å². The van der Waals surface area contributed by atoms with Crippen molar-refractivity contribution >= 4 is 66.7 Å². The minimum absolute atomic E-state index is 0.0150. The maximum absolute atomic E-state index is 13.9. The number of aryl methyl sites for hydroxylation is 1. The van der Waals surface area contributed by atoms with Crippen LogP contribution >= 0.6 is 39.1 Å². The predicted octanol–water partition coefficient (Wildman–Crippen LogP) is 6.20. The summed E-state index contributed by atoms with van der Waals surface area (Å²) in [5, 5.41) is 3.48. The lowest BCUT2D eigenvalue weighted by Crippen LogP contribution is -2.52. The van der Waals surface area contributed by atoms with E-state index in [1.165, 1.54) is 17.0 Å². The van der Waals surface area contributed by atoms with E-state index in [4.69, 9.17) is 23.2 Å². The molecule has 0 aromatic heterocycles. The van der Waals surface area contributed by atoms with Crippen molar-refractivity contribution in [1.82, 2.24) is 10.2 Å². The summed E-state index contributed by atoms with van der Waals surface area (Å²) >= 11 is 15.6. The maximum Gasteiger partial charge on any atom is 0.264 e. The molecule has 0 saturated carbocycles. The van der Waals surface area contributed by atoms with E-state index < -0.39 is 28.5 Å². The molecule has 0 bridgehead atoms. The standard InChI is InChI=1S/C28H30BrCl2N3O4S/c1-18(2)32-28(36)20(4)33(16-21-7-14-25(30)26(31)15-21)27(35)17-34(23-10-8-22(29)9-11-23)39(37,38)24-12-5-19(3)6-13-24/h5-15,18,20H,16-17H2,1-4H3,(H,32,36)/t20-/m1/s1. The third-order valence-corrected chi connectivity index (χ3v) is 8.99. The first-order chi connectivity index (χ1) is 18.3. The van der Waals surface area contributed by atoms with Gasteiger partial charge in [0.1, 0.15) is 12.6 Å². The molecule has 3 rings (SSSR count). The van der Waals surface area contributed by atoms with Crippen molar-refractivity contribution in [1.29, 1.82) is 0 Å². The van der Waals surface area contributed by atoms with Crippen molar-refractivity contribution in [2.75, 3.05) is 10.8 Å². The number of anilines is 1. The first-order valence-corrected chi connectivity index (χ1v) is 15.2. The number of sulfonamides is 1. The molecule has 7 nitrogen and oxygen atoms in total. The minimum atomic E-state index is -4.13. The second-order valence-corrected chi connectivity index (χ2v) is 13.0. The Hall–Kier alpha value is -2.59. The lowest BCUT2D eigenvalue weighted by Gasteiger charge is -2.32. The van der Waals surface area contributed by atoms with Crippen LogP contribution in [0.5, 0.6) is 0 Å². The molecule has 11 heteroatoms. The van der Waals surface area contributed by atoms with Gasteiger partial charge in [0.05, 0.1) is 20.6 Å². The lowest BCUT2D eigenvalue weighted by atomic mass is 10.1. The van der Waals surface area contributed by atoms with E-state index in [-0.39, 0.29) is 23.4 Å². The molecule has 0 heterocycles. The number of nitrogens with zero attached hydrogens (tertiary/aromatic N) is 2. The summed E-state index contributed by atoms with van der Waals surface area (Å²) in [6.45, 7) is 6.58. The van der Waals surface area contributed by atoms with Gasteiger partial charge in [-0.05, 0) is 81.8 Å². The van der Waals surface area contributed by atoms with Gasteiger partial charge in [-0.15, -0.1) is 0 Å². The van der Waals surface area contributed by atoms with Crippen LogP contribution in [0.15, 0.2) is 76.1 Å². The van der Waals surface area contributed by atoms with Crippen molar-refractivity contribution < 1.29 is 18.0 Å². The molecule has 0 unspecified atom stereocenters. The number of nitrogens with one attached hydrogen (secondary N) is 1. The molecule has 1 N–H and O–H groups in total. The first kappa shape index (κ1) is 30.9. The molecule has 208 valence electrons. The number of rotatable bonds is 10. The minimum Gasteiger partial charge on any atom is -0.352 e. The van der Waals surface area contributed by atoms with E-state index in [9.17, 15) is 18.0 Å². The van der Waals surface area contributed by atoms with Gasteiger partial charge in [-0.1, -0.05) is 62.9 Å². The van der Waals surface area contributed by atoms with Crippen LogP contribution in [0.1, 0.15) is 31.9 Å². The number of carbonyl (C=O) groups is 2. The highest BCUT2D eigenvalue weighted by Crippen LogP contribution is 2.27. The summed E-state index contributed by atoms with van der Waals surface area (Å²) in [5.74, 6) is -0.930. The Labute approximate surface area is 248 Å². The number of hydrogen-bond donors (Lipinski definition) is 1. The zero-order valence-corrected chi connectivity index (χ0v) is 25.9. The molecule has 3 aromatic rings. The van der Waals surface area contributed by atoms with E-state index in [1.54, 1.807) is 61.5 Å².